The zero-order valence-corrected chi connectivity index (χ0v) is 12.2. The maximum Gasteiger partial charge on any atom is 0.0441 e. The molecule has 0 aliphatic carbocycles. The van der Waals surface area contributed by atoms with E-state index in [1.54, 1.807) is 6.07 Å². The van der Waals surface area contributed by atoms with Crippen LogP contribution in [-0.4, -0.2) is 18.6 Å². The summed E-state index contributed by atoms with van der Waals surface area (Å²) in [7, 11) is 0. The van der Waals surface area contributed by atoms with Crippen molar-refractivity contribution in [1.82, 2.24) is 5.32 Å². The number of halogens is 2. The lowest BCUT2D eigenvalue weighted by molar-refractivity contribution is 0.371. The fourth-order valence-corrected chi connectivity index (χ4v) is 3.06. The maximum absolute atomic E-state index is 5.99. The minimum Gasteiger partial charge on any atom is -0.382 e. The zero-order chi connectivity index (χ0) is 13.0. The van der Waals surface area contributed by atoms with Gasteiger partial charge in [0.2, 0.25) is 0 Å². The molecule has 0 saturated carbocycles. The third-order valence-corrected chi connectivity index (χ3v) is 3.76. The number of nitrogens with one attached hydrogen (secondary N) is 2. The molecule has 2 unspecified atom stereocenters. The summed E-state index contributed by atoms with van der Waals surface area (Å²) in [4.78, 5) is 0. The largest absolute Gasteiger partial charge is 0.382 e. The van der Waals surface area contributed by atoms with Crippen molar-refractivity contribution < 1.29 is 0 Å². The van der Waals surface area contributed by atoms with Gasteiger partial charge in [-0.05, 0) is 50.9 Å². The normalized spacial score (nSPS) is 21.6. The summed E-state index contributed by atoms with van der Waals surface area (Å²) in [6.07, 6.45) is 5.06. The van der Waals surface area contributed by atoms with Gasteiger partial charge < -0.3 is 10.6 Å². The molecular formula is C14H20Cl2N2. The number of benzene rings is 1. The summed E-state index contributed by atoms with van der Waals surface area (Å²) in [6.45, 7) is 3.35. The summed E-state index contributed by atoms with van der Waals surface area (Å²) >= 11 is 12.0. The molecule has 1 aliphatic rings. The Balaban J connectivity index is 1.87. The quantitative estimate of drug-likeness (QED) is 0.861. The smallest absolute Gasteiger partial charge is 0.0441 e. The Labute approximate surface area is 119 Å². The molecule has 0 amide bonds. The topological polar surface area (TPSA) is 24.1 Å². The Morgan fingerprint density at radius 3 is 2.61 bits per heavy atom. The Bertz CT molecular complexity index is 369. The second-order valence-electron chi connectivity index (χ2n) is 5.09. The Kier molecular flexibility index (Phi) is 5.16. The first kappa shape index (κ1) is 14.0. The molecule has 100 valence electrons. The Morgan fingerprint density at radius 1 is 1.28 bits per heavy atom. The Hall–Kier alpha value is -0.440. The van der Waals surface area contributed by atoms with E-state index in [4.69, 9.17) is 23.2 Å². The molecule has 18 heavy (non-hydrogen) atoms. The molecule has 1 fully saturated rings. The van der Waals surface area contributed by atoms with Crippen LogP contribution in [0.25, 0.3) is 0 Å². The highest BCUT2D eigenvalue weighted by molar-refractivity contribution is 6.35. The number of anilines is 1. The molecule has 2 atom stereocenters. The van der Waals surface area contributed by atoms with Crippen LogP contribution in [0.5, 0.6) is 0 Å². The van der Waals surface area contributed by atoms with Crippen molar-refractivity contribution in [2.75, 3.05) is 11.9 Å². The monoisotopic (exact) mass is 286 g/mol. The molecule has 1 aromatic rings. The minimum atomic E-state index is 0.412. The van der Waals surface area contributed by atoms with Crippen LogP contribution in [0.15, 0.2) is 18.2 Å². The third kappa shape index (κ3) is 4.34. The van der Waals surface area contributed by atoms with Crippen LogP contribution in [-0.2, 0) is 0 Å². The van der Waals surface area contributed by atoms with Gasteiger partial charge in [0.05, 0.1) is 0 Å². The molecule has 2 nitrogen and oxygen atoms in total. The van der Waals surface area contributed by atoms with E-state index in [0.29, 0.717) is 22.1 Å². The van der Waals surface area contributed by atoms with Crippen LogP contribution in [0, 0.1) is 0 Å². The first-order chi connectivity index (χ1) is 8.63. The van der Waals surface area contributed by atoms with Gasteiger partial charge in [-0.25, -0.2) is 0 Å². The lowest BCUT2D eigenvalue weighted by Crippen LogP contribution is -2.37. The fraction of sp³-hybridized carbons (Fsp3) is 0.571. The lowest BCUT2D eigenvalue weighted by Gasteiger charge is -2.27. The van der Waals surface area contributed by atoms with Gasteiger partial charge in [0.25, 0.3) is 0 Å². The van der Waals surface area contributed by atoms with E-state index < -0.39 is 0 Å². The summed E-state index contributed by atoms with van der Waals surface area (Å²) in [5.74, 6) is 0. The van der Waals surface area contributed by atoms with Crippen LogP contribution in [0.2, 0.25) is 10.0 Å². The summed E-state index contributed by atoms with van der Waals surface area (Å²) in [6, 6.07) is 6.63. The molecule has 0 aromatic heterocycles. The summed E-state index contributed by atoms with van der Waals surface area (Å²) in [5.41, 5.74) is 0.996. The molecule has 1 saturated heterocycles. The fourth-order valence-electron chi connectivity index (χ4n) is 2.53. The summed E-state index contributed by atoms with van der Waals surface area (Å²) in [5, 5.41) is 8.38. The van der Waals surface area contributed by atoms with Crippen molar-refractivity contribution in [3.05, 3.63) is 28.2 Å². The van der Waals surface area contributed by atoms with Crippen molar-refractivity contribution in [3.63, 3.8) is 0 Å². The van der Waals surface area contributed by atoms with E-state index in [1.807, 2.05) is 12.1 Å². The van der Waals surface area contributed by atoms with Crippen molar-refractivity contribution in [2.24, 2.45) is 0 Å². The average Bonchev–Trinajstić information content (AvgIpc) is 2.28. The number of rotatable bonds is 4. The molecule has 1 aromatic carbocycles. The van der Waals surface area contributed by atoms with E-state index in [1.165, 1.54) is 19.3 Å². The van der Waals surface area contributed by atoms with Crippen LogP contribution in [0.3, 0.4) is 0 Å². The van der Waals surface area contributed by atoms with Gasteiger partial charge in [0.15, 0.2) is 0 Å². The van der Waals surface area contributed by atoms with Gasteiger partial charge in [-0.3, -0.25) is 0 Å². The SMILES string of the molecule is CC(CC1CCCCN1)Nc1cc(Cl)cc(Cl)c1. The molecule has 0 bridgehead atoms. The molecule has 0 spiro atoms. The summed E-state index contributed by atoms with van der Waals surface area (Å²) < 4.78 is 0. The van der Waals surface area contributed by atoms with Crippen LogP contribution < -0.4 is 10.6 Å². The number of piperidine rings is 1. The van der Waals surface area contributed by atoms with Gasteiger partial charge in [-0.1, -0.05) is 29.6 Å². The first-order valence-electron chi connectivity index (χ1n) is 6.59. The molecule has 2 rings (SSSR count). The van der Waals surface area contributed by atoms with Crippen LogP contribution in [0.4, 0.5) is 5.69 Å². The lowest BCUT2D eigenvalue weighted by atomic mass is 9.99. The predicted molar refractivity (Wildman–Crippen MR) is 79.8 cm³/mol. The van der Waals surface area contributed by atoms with Gasteiger partial charge in [-0.2, -0.15) is 0 Å². The van der Waals surface area contributed by atoms with Gasteiger partial charge >= 0.3 is 0 Å². The second-order valence-corrected chi connectivity index (χ2v) is 5.96. The average molecular weight is 287 g/mol. The van der Waals surface area contributed by atoms with Crippen molar-refractivity contribution in [3.8, 4) is 0 Å². The van der Waals surface area contributed by atoms with Gasteiger partial charge in [0.1, 0.15) is 0 Å². The van der Waals surface area contributed by atoms with E-state index >= 15 is 0 Å². The first-order valence-corrected chi connectivity index (χ1v) is 7.35. The van der Waals surface area contributed by atoms with Gasteiger partial charge in [0, 0.05) is 27.8 Å². The zero-order valence-electron chi connectivity index (χ0n) is 10.7. The van der Waals surface area contributed by atoms with Crippen LogP contribution >= 0.6 is 23.2 Å². The van der Waals surface area contributed by atoms with Crippen molar-refractivity contribution in [1.29, 1.82) is 0 Å². The highest BCUT2D eigenvalue weighted by Gasteiger charge is 2.15. The molecule has 4 heteroatoms. The van der Waals surface area contributed by atoms with E-state index in [-0.39, 0.29) is 0 Å². The Morgan fingerprint density at radius 2 is 2.00 bits per heavy atom. The van der Waals surface area contributed by atoms with E-state index in [2.05, 4.69) is 17.6 Å². The highest BCUT2D eigenvalue weighted by Crippen LogP contribution is 2.23. The second kappa shape index (κ2) is 6.65. The van der Waals surface area contributed by atoms with Crippen molar-refractivity contribution in [2.45, 2.75) is 44.7 Å². The molecule has 1 aliphatic heterocycles. The molecule has 0 radical (unpaired) electrons. The molecule has 1 heterocycles. The number of hydrogen-bond donors (Lipinski definition) is 2. The van der Waals surface area contributed by atoms with E-state index in [9.17, 15) is 0 Å². The van der Waals surface area contributed by atoms with Crippen molar-refractivity contribution >= 4 is 28.9 Å². The van der Waals surface area contributed by atoms with E-state index in [0.717, 1.165) is 18.7 Å². The standard InChI is InChI=1S/C14H20Cl2N2/c1-10(6-13-4-2-3-5-17-13)18-14-8-11(15)7-12(16)9-14/h7-10,13,17-18H,2-6H2,1H3. The highest BCUT2D eigenvalue weighted by atomic mass is 35.5. The minimum absolute atomic E-state index is 0.412. The molecular weight excluding hydrogens is 267 g/mol. The predicted octanol–water partition coefficient (Wildman–Crippen LogP) is 4.33. The molecule has 2 N–H and O–H groups in total. The van der Waals surface area contributed by atoms with Crippen LogP contribution in [0.1, 0.15) is 32.6 Å². The third-order valence-electron chi connectivity index (χ3n) is 3.33. The maximum atomic E-state index is 5.99. The van der Waals surface area contributed by atoms with Gasteiger partial charge in [-0.15, -0.1) is 0 Å². The number of hydrogen-bond acceptors (Lipinski definition) is 2.